The number of hydrogen-bond donors (Lipinski definition) is 2. The second-order valence-corrected chi connectivity index (χ2v) is 4.60. The monoisotopic (exact) mass is 288 g/mol. The van der Waals surface area contributed by atoms with Crippen LogP contribution in [0.1, 0.15) is 5.56 Å². The Balaban J connectivity index is 2.14. The Morgan fingerprint density at radius 2 is 2.10 bits per heavy atom. The Morgan fingerprint density at radius 1 is 1.38 bits per heavy atom. The van der Waals surface area contributed by atoms with Gasteiger partial charge in [0.05, 0.1) is 4.92 Å². The second kappa shape index (κ2) is 6.04. The number of nitrogen functional groups attached to an aromatic ring is 1. The van der Waals surface area contributed by atoms with Crippen molar-refractivity contribution in [1.82, 2.24) is 9.97 Å². The number of hydrogen-bond acceptors (Lipinski definition) is 7. The molecule has 8 heteroatoms. The summed E-state index contributed by atoms with van der Waals surface area (Å²) in [6, 6.07) is 7.88. The highest BCUT2D eigenvalue weighted by atomic mass is 16.6. The normalized spacial score (nSPS) is 10.2. The zero-order chi connectivity index (χ0) is 15.4. The molecule has 0 aliphatic carbocycles. The molecule has 1 aromatic carbocycles. The first-order valence-corrected chi connectivity index (χ1v) is 6.25. The van der Waals surface area contributed by atoms with E-state index in [0.717, 1.165) is 17.4 Å². The molecule has 0 fully saturated rings. The van der Waals surface area contributed by atoms with E-state index in [1.807, 2.05) is 43.3 Å². The first-order valence-electron chi connectivity index (χ1n) is 6.25. The Labute approximate surface area is 121 Å². The van der Waals surface area contributed by atoms with E-state index in [9.17, 15) is 10.1 Å². The van der Waals surface area contributed by atoms with E-state index in [0.29, 0.717) is 6.54 Å². The van der Waals surface area contributed by atoms with Crippen LogP contribution in [0.25, 0.3) is 0 Å². The Hall–Kier alpha value is -2.90. The second-order valence-electron chi connectivity index (χ2n) is 4.60. The summed E-state index contributed by atoms with van der Waals surface area (Å²) in [5.74, 6) is 0.102. The van der Waals surface area contributed by atoms with Gasteiger partial charge in [0.25, 0.3) is 0 Å². The van der Waals surface area contributed by atoms with E-state index < -0.39 is 4.92 Å². The van der Waals surface area contributed by atoms with Crippen LogP contribution in [0.2, 0.25) is 0 Å². The van der Waals surface area contributed by atoms with Crippen molar-refractivity contribution in [2.24, 2.45) is 0 Å². The molecule has 0 atom stereocenters. The highest BCUT2D eigenvalue weighted by Crippen LogP contribution is 2.21. The van der Waals surface area contributed by atoms with Crippen LogP contribution in [0.3, 0.4) is 0 Å². The van der Waals surface area contributed by atoms with Gasteiger partial charge in [-0.3, -0.25) is 10.1 Å². The molecule has 0 unspecified atom stereocenters. The van der Waals surface area contributed by atoms with Crippen LogP contribution in [0, 0.1) is 10.1 Å². The third-order valence-corrected chi connectivity index (χ3v) is 2.90. The maximum Gasteiger partial charge on any atom is 0.329 e. The standard InChI is InChI=1S/C13H16N6O2/c1-18(2)10-6-4-3-5-9(10)7-15-13-16-8-11(19(20)21)12(14)17-13/h3-6,8H,7H2,1-2H3,(H3,14,15,16,17). The van der Waals surface area contributed by atoms with Gasteiger partial charge in [-0.1, -0.05) is 18.2 Å². The minimum absolute atomic E-state index is 0.154. The van der Waals surface area contributed by atoms with Gasteiger partial charge in [0.15, 0.2) is 0 Å². The summed E-state index contributed by atoms with van der Waals surface area (Å²) in [6.45, 7) is 0.492. The molecule has 0 radical (unpaired) electrons. The molecule has 1 heterocycles. The van der Waals surface area contributed by atoms with Crippen molar-refractivity contribution in [2.75, 3.05) is 30.0 Å². The number of para-hydroxylation sites is 1. The number of rotatable bonds is 5. The maximum atomic E-state index is 10.7. The molecule has 2 aromatic rings. The van der Waals surface area contributed by atoms with Gasteiger partial charge in [-0.05, 0) is 11.6 Å². The fourth-order valence-electron chi connectivity index (χ4n) is 1.89. The summed E-state index contributed by atoms with van der Waals surface area (Å²) in [5, 5.41) is 13.7. The molecule has 0 spiro atoms. The molecule has 0 saturated carbocycles. The number of nitrogens with two attached hydrogens (primary N) is 1. The first kappa shape index (κ1) is 14.5. The fraction of sp³-hybridized carbons (Fsp3) is 0.231. The van der Waals surface area contributed by atoms with E-state index in [-0.39, 0.29) is 17.5 Å². The summed E-state index contributed by atoms with van der Waals surface area (Å²) >= 11 is 0. The smallest absolute Gasteiger partial charge is 0.329 e. The number of nitrogens with one attached hydrogen (secondary N) is 1. The molecule has 110 valence electrons. The molecule has 2 rings (SSSR count). The third-order valence-electron chi connectivity index (χ3n) is 2.90. The van der Waals surface area contributed by atoms with E-state index >= 15 is 0 Å². The van der Waals surface area contributed by atoms with Crippen LogP contribution in [0.5, 0.6) is 0 Å². The van der Waals surface area contributed by atoms with Crippen molar-refractivity contribution in [3.8, 4) is 0 Å². The molecule has 8 nitrogen and oxygen atoms in total. The van der Waals surface area contributed by atoms with Crippen LogP contribution in [-0.4, -0.2) is 29.0 Å². The molecular weight excluding hydrogens is 272 g/mol. The average molecular weight is 288 g/mol. The van der Waals surface area contributed by atoms with Crippen molar-refractivity contribution in [2.45, 2.75) is 6.54 Å². The molecule has 21 heavy (non-hydrogen) atoms. The molecule has 0 aliphatic heterocycles. The van der Waals surface area contributed by atoms with Gasteiger partial charge in [-0.25, -0.2) is 4.98 Å². The van der Waals surface area contributed by atoms with E-state index in [1.165, 1.54) is 0 Å². The van der Waals surface area contributed by atoms with E-state index in [2.05, 4.69) is 15.3 Å². The highest BCUT2D eigenvalue weighted by molar-refractivity contribution is 5.55. The Kier molecular flexibility index (Phi) is 4.17. The van der Waals surface area contributed by atoms with Gasteiger partial charge in [0.1, 0.15) is 6.20 Å². The maximum absolute atomic E-state index is 10.7. The van der Waals surface area contributed by atoms with Crippen molar-refractivity contribution in [3.05, 3.63) is 46.1 Å². The van der Waals surface area contributed by atoms with Gasteiger partial charge in [-0.2, -0.15) is 4.98 Å². The average Bonchev–Trinajstić information content (AvgIpc) is 2.45. The first-order chi connectivity index (χ1) is 9.99. The molecule has 0 saturated heterocycles. The lowest BCUT2D eigenvalue weighted by atomic mass is 10.1. The predicted molar refractivity (Wildman–Crippen MR) is 81.2 cm³/mol. The highest BCUT2D eigenvalue weighted by Gasteiger charge is 2.14. The van der Waals surface area contributed by atoms with Crippen molar-refractivity contribution >= 4 is 23.1 Å². The van der Waals surface area contributed by atoms with Crippen molar-refractivity contribution < 1.29 is 4.92 Å². The minimum Gasteiger partial charge on any atom is -0.378 e. The van der Waals surface area contributed by atoms with Gasteiger partial charge >= 0.3 is 5.69 Å². The summed E-state index contributed by atoms with van der Waals surface area (Å²) < 4.78 is 0. The fourth-order valence-corrected chi connectivity index (χ4v) is 1.89. The van der Waals surface area contributed by atoms with Gasteiger partial charge in [-0.15, -0.1) is 0 Å². The van der Waals surface area contributed by atoms with Crippen LogP contribution in [0.4, 0.5) is 23.1 Å². The Bertz CT molecular complexity index is 659. The summed E-state index contributed by atoms with van der Waals surface area (Å²) in [7, 11) is 3.92. The lowest BCUT2D eigenvalue weighted by Crippen LogP contribution is -2.13. The molecule has 0 bridgehead atoms. The number of aromatic nitrogens is 2. The van der Waals surface area contributed by atoms with E-state index in [4.69, 9.17) is 5.73 Å². The lowest BCUT2D eigenvalue weighted by molar-refractivity contribution is -0.384. The largest absolute Gasteiger partial charge is 0.378 e. The summed E-state index contributed by atoms with van der Waals surface area (Å²) in [5.41, 5.74) is 7.36. The predicted octanol–water partition coefficient (Wildman–Crippen LogP) is 1.65. The van der Waals surface area contributed by atoms with Crippen molar-refractivity contribution in [3.63, 3.8) is 0 Å². The number of nitrogens with zero attached hydrogens (tertiary/aromatic N) is 4. The van der Waals surface area contributed by atoms with Crippen molar-refractivity contribution in [1.29, 1.82) is 0 Å². The molecule has 0 aliphatic rings. The quantitative estimate of drug-likeness (QED) is 0.635. The van der Waals surface area contributed by atoms with Gasteiger partial charge < -0.3 is 16.0 Å². The molecule has 0 amide bonds. The van der Waals surface area contributed by atoms with Crippen LogP contribution in [0.15, 0.2) is 30.5 Å². The van der Waals surface area contributed by atoms with Crippen LogP contribution in [-0.2, 0) is 6.54 Å². The number of nitro groups is 1. The molecule has 1 aromatic heterocycles. The zero-order valence-corrected chi connectivity index (χ0v) is 11.8. The number of anilines is 3. The van der Waals surface area contributed by atoms with Gasteiger partial charge in [0, 0.05) is 26.3 Å². The SMILES string of the molecule is CN(C)c1ccccc1CNc1ncc([N+](=O)[O-])c(N)n1. The summed E-state index contributed by atoms with van der Waals surface area (Å²) in [4.78, 5) is 19.8. The lowest BCUT2D eigenvalue weighted by Gasteiger charge is -2.17. The van der Waals surface area contributed by atoms with E-state index in [1.54, 1.807) is 0 Å². The third kappa shape index (κ3) is 3.35. The Morgan fingerprint density at radius 3 is 2.71 bits per heavy atom. The number of benzene rings is 1. The molecule has 3 N–H and O–H groups in total. The molecular formula is C13H16N6O2. The summed E-state index contributed by atoms with van der Waals surface area (Å²) in [6.07, 6.45) is 1.10. The topological polar surface area (TPSA) is 110 Å². The minimum atomic E-state index is -0.611. The van der Waals surface area contributed by atoms with Crippen LogP contribution < -0.4 is 16.0 Å². The van der Waals surface area contributed by atoms with Crippen LogP contribution >= 0.6 is 0 Å². The van der Waals surface area contributed by atoms with Gasteiger partial charge in [0.2, 0.25) is 11.8 Å². The zero-order valence-electron chi connectivity index (χ0n) is 11.8.